The van der Waals surface area contributed by atoms with Gasteiger partial charge in [-0.15, -0.1) is 24.8 Å². The van der Waals surface area contributed by atoms with Crippen molar-refractivity contribution in [2.24, 2.45) is 5.73 Å². The number of piperazine rings is 1. The minimum absolute atomic E-state index is 0. The van der Waals surface area contributed by atoms with Crippen molar-refractivity contribution < 1.29 is 9.59 Å². The van der Waals surface area contributed by atoms with Crippen LogP contribution in [0.5, 0.6) is 0 Å². The van der Waals surface area contributed by atoms with Crippen LogP contribution in [-0.2, 0) is 15.1 Å². The van der Waals surface area contributed by atoms with Crippen molar-refractivity contribution in [3.8, 4) is 0 Å². The maximum absolute atomic E-state index is 12.8. The van der Waals surface area contributed by atoms with Gasteiger partial charge in [0.2, 0.25) is 11.8 Å². The third-order valence-electron chi connectivity index (χ3n) is 4.79. The highest BCUT2D eigenvalue weighted by atomic mass is 35.5. The number of hydrogen-bond acceptors (Lipinski definition) is 4. The molecule has 1 aliphatic carbocycles. The summed E-state index contributed by atoms with van der Waals surface area (Å²) in [6.07, 6.45) is 2.20. The van der Waals surface area contributed by atoms with Gasteiger partial charge in [0.25, 0.3) is 0 Å². The number of carbonyl (C=O) groups is 2. The molecule has 1 atom stereocenters. The van der Waals surface area contributed by atoms with E-state index in [0.717, 1.165) is 18.4 Å². The molecule has 1 aromatic carbocycles. The number of nitrogens with two attached hydrogens (primary N) is 1. The van der Waals surface area contributed by atoms with Gasteiger partial charge in [-0.1, -0.05) is 30.3 Å². The molecule has 8 heteroatoms. The predicted molar refractivity (Wildman–Crippen MR) is 107 cm³/mol. The molecular formula is C18H28Cl2N4O2. The van der Waals surface area contributed by atoms with Gasteiger partial charge in [-0.05, 0) is 25.3 Å². The minimum atomic E-state index is -1.02. The van der Waals surface area contributed by atoms with E-state index < -0.39 is 5.54 Å². The quantitative estimate of drug-likeness (QED) is 0.773. The van der Waals surface area contributed by atoms with E-state index in [2.05, 4.69) is 10.2 Å². The van der Waals surface area contributed by atoms with Gasteiger partial charge in [-0.25, -0.2) is 0 Å². The van der Waals surface area contributed by atoms with Gasteiger partial charge in [0.15, 0.2) is 0 Å². The average Bonchev–Trinajstić information content (AvgIpc) is 3.39. The number of amides is 2. The highest BCUT2D eigenvalue weighted by Crippen LogP contribution is 2.21. The van der Waals surface area contributed by atoms with Gasteiger partial charge < -0.3 is 16.0 Å². The Labute approximate surface area is 167 Å². The monoisotopic (exact) mass is 402 g/mol. The van der Waals surface area contributed by atoms with E-state index in [9.17, 15) is 9.59 Å². The van der Waals surface area contributed by atoms with Gasteiger partial charge in [0.05, 0.1) is 6.54 Å². The number of halogens is 2. The molecule has 1 saturated heterocycles. The highest BCUT2D eigenvalue weighted by molar-refractivity contribution is 5.87. The van der Waals surface area contributed by atoms with Crippen molar-refractivity contribution in [3.05, 3.63) is 35.9 Å². The summed E-state index contributed by atoms with van der Waals surface area (Å²) < 4.78 is 0. The van der Waals surface area contributed by atoms with Crippen LogP contribution < -0.4 is 11.1 Å². The van der Waals surface area contributed by atoms with Crippen LogP contribution in [0.15, 0.2) is 30.3 Å². The molecule has 146 valence electrons. The number of carbonyl (C=O) groups excluding carboxylic acids is 2. The molecule has 2 amide bonds. The number of benzene rings is 1. The van der Waals surface area contributed by atoms with Gasteiger partial charge in [-0.2, -0.15) is 0 Å². The Morgan fingerprint density at radius 2 is 1.69 bits per heavy atom. The molecule has 1 aromatic rings. The summed E-state index contributed by atoms with van der Waals surface area (Å²) >= 11 is 0. The Balaban J connectivity index is 0.00000169. The Bertz CT molecular complexity index is 600. The number of nitrogens with zero attached hydrogens (tertiary/aromatic N) is 2. The first kappa shape index (κ1) is 22.7. The molecule has 26 heavy (non-hydrogen) atoms. The zero-order chi connectivity index (χ0) is 17.2. The maximum Gasteiger partial charge on any atom is 0.247 e. The van der Waals surface area contributed by atoms with Crippen LogP contribution in [0.1, 0.15) is 25.3 Å². The van der Waals surface area contributed by atoms with Gasteiger partial charge in [0.1, 0.15) is 5.54 Å². The van der Waals surface area contributed by atoms with Crippen LogP contribution in [0.3, 0.4) is 0 Å². The molecule has 0 spiro atoms. The lowest BCUT2D eigenvalue weighted by Gasteiger charge is -2.38. The van der Waals surface area contributed by atoms with Crippen LogP contribution in [0.4, 0.5) is 0 Å². The Kier molecular flexibility index (Phi) is 8.34. The molecule has 1 unspecified atom stereocenters. The average molecular weight is 403 g/mol. The van der Waals surface area contributed by atoms with Crippen molar-refractivity contribution in [1.29, 1.82) is 0 Å². The van der Waals surface area contributed by atoms with Crippen LogP contribution in [0, 0.1) is 0 Å². The number of nitrogens with one attached hydrogen (secondary N) is 1. The summed E-state index contributed by atoms with van der Waals surface area (Å²) in [7, 11) is 0. The van der Waals surface area contributed by atoms with E-state index in [1.807, 2.05) is 35.2 Å². The molecule has 1 heterocycles. The first-order valence-electron chi connectivity index (χ1n) is 8.62. The minimum Gasteiger partial charge on any atom is -0.352 e. The molecular weight excluding hydrogens is 375 g/mol. The Morgan fingerprint density at radius 1 is 1.12 bits per heavy atom. The second kappa shape index (κ2) is 9.55. The van der Waals surface area contributed by atoms with Crippen molar-refractivity contribution in [3.63, 3.8) is 0 Å². The second-order valence-electron chi connectivity index (χ2n) is 6.98. The van der Waals surface area contributed by atoms with Crippen LogP contribution in [-0.4, -0.2) is 60.4 Å². The standard InChI is InChI=1S/C18H26N4O2.2ClH/c1-18(19,14-5-3-2-4-6-14)17(24)22-11-9-21(10-12-22)13-16(23)20-15-7-8-15;;/h2-6,15H,7-13,19H2,1H3,(H,20,23);2*1H. The van der Waals surface area contributed by atoms with E-state index >= 15 is 0 Å². The van der Waals surface area contributed by atoms with Crippen molar-refractivity contribution in [2.75, 3.05) is 32.7 Å². The van der Waals surface area contributed by atoms with E-state index in [1.54, 1.807) is 6.92 Å². The molecule has 3 N–H and O–H groups in total. The second-order valence-corrected chi connectivity index (χ2v) is 6.98. The molecule has 0 bridgehead atoms. The predicted octanol–water partition coefficient (Wildman–Crippen LogP) is 1.13. The maximum atomic E-state index is 12.8. The summed E-state index contributed by atoms with van der Waals surface area (Å²) in [6.45, 7) is 4.80. The van der Waals surface area contributed by atoms with Crippen LogP contribution >= 0.6 is 24.8 Å². The summed E-state index contributed by atoms with van der Waals surface area (Å²) in [5.41, 5.74) is 6.12. The third kappa shape index (κ3) is 5.58. The normalized spacial score (nSPS) is 19.5. The smallest absolute Gasteiger partial charge is 0.247 e. The molecule has 3 rings (SSSR count). The van der Waals surface area contributed by atoms with E-state index in [4.69, 9.17) is 5.73 Å². The zero-order valence-corrected chi connectivity index (χ0v) is 16.7. The summed E-state index contributed by atoms with van der Waals surface area (Å²) in [5.74, 6) is 0.0287. The van der Waals surface area contributed by atoms with Crippen LogP contribution in [0.2, 0.25) is 0 Å². The Hall–Kier alpha value is -1.34. The number of hydrogen-bond donors (Lipinski definition) is 2. The van der Waals surface area contributed by atoms with E-state index in [-0.39, 0.29) is 36.6 Å². The van der Waals surface area contributed by atoms with Crippen LogP contribution in [0.25, 0.3) is 0 Å². The molecule has 2 fully saturated rings. The highest BCUT2D eigenvalue weighted by Gasteiger charge is 2.36. The molecule has 6 nitrogen and oxygen atoms in total. The molecule has 1 aliphatic heterocycles. The number of rotatable bonds is 5. The lowest BCUT2D eigenvalue weighted by atomic mass is 9.91. The summed E-state index contributed by atoms with van der Waals surface area (Å²) in [5, 5.41) is 3.00. The lowest BCUT2D eigenvalue weighted by molar-refractivity contribution is -0.138. The van der Waals surface area contributed by atoms with E-state index in [0.29, 0.717) is 38.8 Å². The van der Waals surface area contributed by atoms with Crippen molar-refractivity contribution in [2.45, 2.75) is 31.3 Å². The van der Waals surface area contributed by atoms with Gasteiger partial charge in [-0.3, -0.25) is 14.5 Å². The zero-order valence-electron chi connectivity index (χ0n) is 15.0. The SMILES string of the molecule is CC(N)(C(=O)N1CCN(CC(=O)NC2CC2)CC1)c1ccccc1.Cl.Cl. The molecule has 0 radical (unpaired) electrons. The molecule has 1 saturated carbocycles. The fraction of sp³-hybridized carbons (Fsp3) is 0.556. The van der Waals surface area contributed by atoms with E-state index in [1.165, 1.54) is 0 Å². The molecule has 2 aliphatic rings. The lowest BCUT2D eigenvalue weighted by Crippen LogP contribution is -2.57. The summed E-state index contributed by atoms with van der Waals surface area (Å²) in [6, 6.07) is 9.86. The van der Waals surface area contributed by atoms with Gasteiger partial charge >= 0.3 is 0 Å². The topological polar surface area (TPSA) is 78.7 Å². The Morgan fingerprint density at radius 3 is 2.23 bits per heavy atom. The first-order valence-corrected chi connectivity index (χ1v) is 8.62. The first-order chi connectivity index (χ1) is 11.5. The summed E-state index contributed by atoms with van der Waals surface area (Å²) in [4.78, 5) is 28.6. The van der Waals surface area contributed by atoms with Gasteiger partial charge in [0, 0.05) is 32.2 Å². The fourth-order valence-electron chi connectivity index (χ4n) is 3.05. The third-order valence-corrected chi connectivity index (χ3v) is 4.79. The van der Waals surface area contributed by atoms with Crippen molar-refractivity contribution in [1.82, 2.24) is 15.1 Å². The molecule has 0 aromatic heterocycles. The van der Waals surface area contributed by atoms with Crippen molar-refractivity contribution >= 4 is 36.6 Å². The fourth-order valence-corrected chi connectivity index (χ4v) is 3.05. The largest absolute Gasteiger partial charge is 0.352 e.